The van der Waals surface area contributed by atoms with Crippen molar-refractivity contribution < 1.29 is 17.3 Å². The zero-order valence-electron chi connectivity index (χ0n) is 14.2. The van der Waals surface area contributed by atoms with Gasteiger partial charge in [0.1, 0.15) is 5.75 Å². The molecule has 2 bridgehead atoms. The number of nitrogens with zero attached hydrogens (tertiary/aromatic N) is 1. The summed E-state index contributed by atoms with van der Waals surface area (Å²) in [4.78, 5) is 4.30. The topological polar surface area (TPSA) is 77.5 Å². The van der Waals surface area contributed by atoms with Crippen LogP contribution < -0.4 is 14.2 Å². The minimum absolute atomic E-state index is 0.237. The predicted octanol–water partition coefficient (Wildman–Crippen LogP) is 3.54. The number of methoxy groups -OCH3 is 1. The second-order valence-corrected chi connectivity index (χ2v) is 8.23. The molecule has 0 amide bonds. The second kappa shape index (κ2) is 5.91. The fourth-order valence-electron chi connectivity index (χ4n) is 4.03. The largest absolute Gasteiger partial charge is 0.497 e. The summed E-state index contributed by atoms with van der Waals surface area (Å²) < 4.78 is 33.5. The average molecular weight is 360 g/mol. The van der Waals surface area contributed by atoms with Crippen LogP contribution in [0.15, 0.2) is 30.5 Å². The number of hydrogen-bond donors (Lipinski definition) is 1. The first-order valence-corrected chi connectivity index (χ1v) is 10.1. The van der Waals surface area contributed by atoms with Crippen molar-refractivity contribution in [2.45, 2.75) is 31.1 Å². The minimum Gasteiger partial charge on any atom is -0.497 e. The Labute approximate surface area is 147 Å². The van der Waals surface area contributed by atoms with Crippen LogP contribution in [0.5, 0.6) is 11.6 Å². The lowest BCUT2D eigenvalue weighted by molar-refractivity contribution is 0.415. The molecule has 1 heterocycles. The maximum atomic E-state index is 11.6. The monoisotopic (exact) mass is 360 g/mol. The van der Waals surface area contributed by atoms with Crippen LogP contribution in [0.1, 0.15) is 42.2 Å². The summed E-state index contributed by atoms with van der Waals surface area (Å²) in [7, 11) is -1.96. The molecular formula is C18H20N2O4S. The average Bonchev–Trinajstić information content (AvgIpc) is 3.18. The Balaban J connectivity index is 1.75. The molecule has 0 spiro atoms. The third kappa shape index (κ3) is 3.04. The quantitative estimate of drug-likeness (QED) is 0.822. The van der Waals surface area contributed by atoms with Gasteiger partial charge in [-0.25, -0.2) is 4.98 Å². The Morgan fingerprint density at radius 2 is 1.96 bits per heavy atom. The Bertz CT molecular complexity index is 927. The van der Waals surface area contributed by atoms with Gasteiger partial charge in [0.25, 0.3) is 0 Å². The lowest BCUT2D eigenvalue weighted by atomic mass is 9.91. The highest BCUT2D eigenvalue weighted by Crippen LogP contribution is 2.57. The van der Waals surface area contributed by atoms with Crippen LogP contribution in [0.2, 0.25) is 0 Å². The van der Waals surface area contributed by atoms with Gasteiger partial charge < -0.3 is 14.2 Å². The number of fused-ring (bicyclic) bond motifs is 5. The zero-order chi connectivity index (χ0) is 17.6. The van der Waals surface area contributed by atoms with Gasteiger partial charge in [-0.1, -0.05) is 6.07 Å². The highest BCUT2D eigenvalue weighted by molar-refractivity contribution is 7.86. The smallest absolute Gasteiger partial charge is 0.307 e. The number of nitrogens with one attached hydrogen (secondary N) is 1. The van der Waals surface area contributed by atoms with E-state index in [1.165, 1.54) is 0 Å². The van der Waals surface area contributed by atoms with Crippen LogP contribution >= 0.6 is 0 Å². The number of hydrogen-bond acceptors (Lipinski definition) is 6. The molecule has 1 N–H and O–H groups in total. The molecule has 2 unspecified atom stereocenters. The summed E-state index contributed by atoms with van der Waals surface area (Å²) in [5.41, 5.74) is 3.92. The minimum atomic E-state index is -3.60. The highest BCUT2D eigenvalue weighted by atomic mass is 32.2. The first-order chi connectivity index (χ1) is 11.9. The van der Waals surface area contributed by atoms with Crippen LogP contribution in [0.25, 0.3) is 0 Å². The standard InChI is InChI=1S/C18H20N2O4S/c1-23-14-5-3-4-13(9-14)20-15-10-19-18(24-25(2,21)22)17-12-7-6-11(8-12)16(15)17/h3-5,9-12,20H,6-8H2,1-2H3. The van der Waals surface area contributed by atoms with Crippen molar-refractivity contribution in [2.75, 3.05) is 18.7 Å². The fourth-order valence-corrected chi connectivity index (χ4v) is 4.45. The summed E-state index contributed by atoms with van der Waals surface area (Å²) in [6.07, 6.45) is 5.93. The molecule has 2 aliphatic carbocycles. The maximum absolute atomic E-state index is 11.6. The lowest BCUT2D eigenvalue weighted by Gasteiger charge is -2.21. The molecule has 132 valence electrons. The first-order valence-electron chi connectivity index (χ1n) is 8.28. The van der Waals surface area contributed by atoms with Crippen molar-refractivity contribution in [3.8, 4) is 11.6 Å². The molecule has 6 nitrogen and oxygen atoms in total. The van der Waals surface area contributed by atoms with E-state index < -0.39 is 10.1 Å². The molecule has 25 heavy (non-hydrogen) atoms. The summed E-state index contributed by atoms with van der Waals surface area (Å²) in [5.74, 6) is 1.77. The third-order valence-corrected chi connectivity index (χ3v) is 5.41. The van der Waals surface area contributed by atoms with E-state index in [2.05, 4.69) is 10.3 Å². The van der Waals surface area contributed by atoms with Crippen LogP contribution in [0.3, 0.4) is 0 Å². The van der Waals surface area contributed by atoms with Gasteiger partial charge in [0, 0.05) is 17.3 Å². The lowest BCUT2D eigenvalue weighted by Crippen LogP contribution is -2.12. The van der Waals surface area contributed by atoms with E-state index in [1.807, 2.05) is 24.3 Å². The maximum Gasteiger partial charge on any atom is 0.307 e. The van der Waals surface area contributed by atoms with Crippen molar-refractivity contribution in [3.05, 3.63) is 41.6 Å². The SMILES string of the molecule is COc1cccc(Nc2cnc(OS(C)(=O)=O)c3c2C2CCC3C2)c1. The fraction of sp³-hybridized carbons (Fsp3) is 0.389. The summed E-state index contributed by atoms with van der Waals surface area (Å²) in [5, 5.41) is 3.41. The van der Waals surface area contributed by atoms with E-state index in [9.17, 15) is 8.42 Å². The highest BCUT2D eigenvalue weighted by Gasteiger charge is 2.42. The number of benzene rings is 1. The van der Waals surface area contributed by atoms with Gasteiger partial charge in [-0.2, -0.15) is 8.42 Å². The number of anilines is 2. The Hall–Kier alpha value is -2.28. The molecule has 0 radical (unpaired) electrons. The summed E-state index contributed by atoms with van der Waals surface area (Å²) in [6, 6.07) is 7.69. The van der Waals surface area contributed by atoms with Gasteiger partial charge in [0.15, 0.2) is 0 Å². The zero-order valence-corrected chi connectivity index (χ0v) is 15.0. The molecule has 0 aliphatic heterocycles. The van der Waals surface area contributed by atoms with Crippen LogP contribution in [-0.2, 0) is 10.1 Å². The van der Waals surface area contributed by atoms with Gasteiger partial charge in [-0.15, -0.1) is 0 Å². The number of aromatic nitrogens is 1. The van der Waals surface area contributed by atoms with Crippen molar-refractivity contribution >= 4 is 21.5 Å². The Morgan fingerprint density at radius 3 is 2.68 bits per heavy atom. The molecule has 4 rings (SSSR count). The molecule has 2 atom stereocenters. The summed E-state index contributed by atoms with van der Waals surface area (Å²) in [6.45, 7) is 0. The molecule has 7 heteroatoms. The molecule has 1 fully saturated rings. The second-order valence-electron chi connectivity index (χ2n) is 6.66. The van der Waals surface area contributed by atoms with Crippen molar-refractivity contribution in [1.29, 1.82) is 0 Å². The van der Waals surface area contributed by atoms with Gasteiger partial charge >= 0.3 is 10.1 Å². The van der Waals surface area contributed by atoms with E-state index in [1.54, 1.807) is 13.3 Å². The first kappa shape index (κ1) is 16.2. The number of rotatable bonds is 5. The van der Waals surface area contributed by atoms with E-state index in [0.717, 1.165) is 53.8 Å². The molecule has 1 aromatic carbocycles. The molecule has 1 aromatic heterocycles. The molecule has 2 aliphatic rings. The normalized spacial score (nSPS) is 21.0. The molecule has 0 saturated heterocycles. The number of ether oxygens (including phenoxy) is 1. The van der Waals surface area contributed by atoms with Gasteiger partial charge in [0.05, 0.1) is 25.2 Å². The Morgan fingerprint density at radius 1 is 1.20 bits per heavy atom. The van der Waals surface area contributed by atoms with Gasteiger partial charge in [0.2, 0.25) is 5.88 Å². The summed E-state index contributed by atoms with van der Waals surface area (Å²) >= 11 is 0. The van der Waals surface area contributed by atoms with Crippen LogP contribution in [0, 0.1) is 0 Å². The van der Waals surface area contributed by atoms with Crippen molar-refractivity contribution in [3.63, 3.8) is 0 Å². The van der Waals surface area contributed by atoms with E-state index in [0.29, 0.717) is 11.8 Å². The molecule has 1 saturated carbocycles. The molecule has 2 aromatic rings. The Kier molecular flexibility index (Phi) is 3.83. The van der Waals surface area contributed by atoms with E-state index in [4.69, 9.17) is 8.92 Å². The number of pyridine rings is 1. The van der Waals surface area contributed by atoms with Crippen LogP contribution in [-0.4, -0.2) is 26.8 Å². The van der Waals surface area contributed by atoms with Crippen LogP contribution in [0.4, 0.5) is 11.4 Å². The van der Waals surface area contributed by atoms with Gasteiger partial charge in [-0.05, 0) is 48.8 Å². The van der Waals surface area contributed by atoms with E-state index in [-0.39, 0.29) is 5.88 Å². The van der Waals surface area contributed by atoms with E-state index >= 15 is 0 Å². The van der Waals surface area contributed by atoms with Crippen molar-refractivity contribution in [1.82, 2.24) is 4.98 Å². The predicted molar refractivity (Wildman–Crippen MR) is 95.3 cm³/mol. The van der Waals surface area contributed by atoms with Gasteiger partial charge in [-0.3, -0.25) is 0 Å². The third-order valence-electron chi connectivity index (χ3n) is 4.95. The van der Waals surface area contributed by atoms with Crippen molar-refractivity contribution in [2.24, 2.45) is 0 Å². The molecular weight excluding hydrogens is 340 g/mol.